The van der Waals surface area contributed by atoms with Crippen LogP contribution in [0, 0.1) is 6.92 Å². The molecule has 3 N–H and O–H groups in total. The van der Waals surface area contributed by atoms with Crippen LogP contribution in [0.2, 0.25) is 0 Å². The molecule has 0 spiro atoms. The van der Waals surface area contributed by atoms with E-state index in [1.807, 2.05) is 25.1 Å². The summed E-state index contributed by atoms with van der Waals surface area (Å²) in [6.45, 7) is 2.03. The Morgan fingerprint density at radius 1 is 1.41 bits per heavy atom. The summed E-state index contributed by atoms with van der Waals surface area (Å²) < 4.78 is 22.2. The maximum atomic E-state index is 11.1. The van der Waals surface area contributed by atoms with Crippen LogP contribution < -0.4 is 11.3 Å². The highest BCUT2D eigenvalue weighted by atomic mass is 32.2. The number of benzene rings is 1. The SMILES string of the molecule is Cc1cccc(CC(CCS(C)(=O)=O)NN)c1. The topological polar surface area (TPSA) is 72.2 Å². The number of hydrazine groups is 1. The molecule has 0 aliphatic heterocycles. The molecule has 4 nitrogen and oxygen atoms in total. The smallest absolute Gasteiger partial charge is 0.147 e. The largest absolute Gasteiger partial charge is 0.271 e. The summed E-state index contributed by atoms with van der Waals surface area (Å²) >= 11 is 0. The van der Waals surface area contributed by atoms with Gasteiger partial charge in [-0.2, -0.15) is 0 Å². The summed E-state index contributed by atoms with van der Waals surface area (Å²) in [6, 6.07) is 8.13. The maximum Gasteiger partial charge on any atom is 0.147 e. The number of hydrogen-bond acceptors (Lipinski definition) is 4. The highest BCUT2D eigenvalue weighted by molar-refractivity contribution is 7.90. The van der Waals surface area contributed by atoms with Crippen molar-refractivity contribution in [3.8, 4) is 0 Å². The lowest BCUT2D eigenvalue weighted by Gasteiger charge is -2.15. The van der Waals surface area contributed by atoms with E-state index in [4.69, 9.17) is 5.84 Å². The zero-order valence-corrected chi connectivity index (χ0v) is 11.1. The lowest BCUT2D eigenvalue weighted by atomic mass is 10.0. The average molecular weight is 256 g/mol. The van der Waals surface area contributed by atoms with Crippen molar-refractivity contribution in [3.05, 3.63) is 35.4 Å². The Morgan fingerprint density at radius 3 is 2.65 bits per heavy atom. The standard InChI is InChI=1S/C12H20N2O2S/c1-10-4-3-5-11(8-10)9-12(14-13)6-7-17(2,15)16/h3-5,8,12,14H,6-7,9,13H2,1-2H3. The van der Waals surface area contributed by atoms with Crippen LogP contribution in [0.15, 0.2) is 24.3 Å². The molecule has 0 aliphatic carbocycles. The Balaban J connectivity index is 2.58. The van der Waals surface area contributed by atoms with Crippen molar-refractivity contribution in [2.75, 3.05) is 12.0 Å². The average Bonchev–Trinajstić information content (AvgIpc) is 2.23. The van der Waals surface area contributed by atoms with E-state index in [2.05, 4.69) is 11.5 Å². The van der Waals surface area contributed by atoms with E-state index in [9.17, 15) is 8.42 Å². The molecule has 0 bridgehead atoms. The highest BCUT2D eigenvalue weighted by Gasteiger charge is 2.11. The number of nitrogens with two attached hydrogens (primary N) is 1. The molecule has 1 rings (SSSR count). The minimum Gasteiger partial charge on any atom is -0.271 e. The molecule has 17 heavy (non-hydrogen) atoms. The van der Waals surface area contributed by atoms with Gasteiger partial charge in [0.05, 0.1) is 5.75 Å². The van der Waals surface area contributed by atoms with E-state index >= 15 is 0 Å². The maximum absolute atomic E-state index is 11.1. The van der Waals surface area contributed by atoms with Crippen LogP contribution in [0.3, 0.4) is 0 Å². The molecule has 1 atom stereocenters. The first-order valence-electron chi connectivity index (χ1n) is 5.60. The van der Waals surface area contributed by atoms with Gasteiger partial charge in [-0.05, 0) is 25.3 Å². The molecular formula is C12H20N2O2S. The number of sulfone groups is 1. The molecule has 0 radical (unpaired) electrons. The third-order valence-corrected chi connectivity index (χ3v) is 3.61. The summed E-state index contributed by atoms with van der Waals surface area (Å²) in [4.78, 5) is 0. The van der Waals surface area contributed by atoms with Gasteiger partial charge in [0.25, 0.3) is 0 Å². The third-order valence-electron chi connectivity index (χ3n) is 2.64. The van der Waals surface area contributed by atoms with Crippen LogP contribution >= 0.6 is 0 Å². The first-order valence-corrected chi connectivity index (χ1v) is 7.66. The van der Waals surface area contributed by atoms with Crippen molar-refractivity contribution in [1.82, 2.24) is 5.43 Å². The van der Waals surface area contributed by atoms with Crippen LogP contribution in [-0.4, -0.2) is 26.5 Å². The fraction of sp³-hybridized carbons (Fsp3) is 0.500. The first kappa shape index (κ1) is 14.2. The zero-order valence-electron chi connectivity index (χ0n) is 10.3. The molecule has 1 aromatic carbocycles. The van der Waals surface area contributed by atoms with Crippen LogP contribution in [0.25, 0.3) is 0 Å². The summed E-state index contributed by atoms with van der Waals surface area (Å²) in [5, 5.41) is 0. The highest BCUT2D eigenvalue weighted by Crippen LogP contribution is 2.09. The van der Waals surface area contributed by atoms with Gasteiger partial charge in [-0.25, -0.2) is 8.42 Å². The minimum absolute atomic E-state index is 0.00785. The molecule has 0 saturated heterocycles. The predicted molar refractivity (Wildman–Crippen MR) is 70.3 cm³/mol. The summed E-state index contributed by atoms with van der Waals surface area (Å²) in [7, 11) is -2.93. The van der Waals surface area contributed by atoms with Gasteiger partial charge >= 0.3 is 0 Å². The zero-order chi connectivity index (χ0) is 12.9. The number of hydrogen-bond donors (Lipinski definition) is 2. The number of nitrogens with one attached hydrogen (secondary N) is 1. The Bertz CT molecular complexity index is 457. The van der Waals surface area contributed by atoms with Crippen LogP contribution in [-0.2, 0) is 16.3 Å². The molecule has 0 aliphatic rings. The van der Waals surface area contributed by atoms with Gasteiger partial charge in [-0.15, -0.1) is 0 Å². The van der Waals surface area contributed by atoms with Crippen LogP contribution in [0.1, 0.15) is 17.5 Å². The van der Waals surface area contributed by atoms with E-state index in [1.165, 1.54) is 17.4 Å². The van der Waals surface area contributed by atoms with E-state index < -0.39 is 9.84 Å². The van der Waals surface area contributed by atoms with Crippen LogP contribution in [0.5, 0.6) is 0 Å². The van der Waals surface area contributed by atoms with Crippen LogP contribution in [0.4, 0.5) is 0 Å². The molecule has 1 unspecified atom stereocenters. The van der Waals surface area contributed by atoms with Gasteiger partial charge in [0.15, 0.2) is 0 Å². The quantitative estimate of drug-likeness (QED) is 0.583. The van der Waals surface area contributed by atoms with E-state index in [0.29, 0.717) is 6.42 Å². The molecule has 0 saturated carbocycles. The fourth-order valence-corrected chi connectivity index (χ4v) is 2.44. The number of rotatable bonds is 6. The van der Waals surface area contributed by atoms with Crippen molar-refractivity contribution in [3.63, 3.8) is 0 Å². The molecule has 0 aromatic heterocycles. The summed E-state index contributed by atoms with van der Waals surface area (Å²) in [6.07, 6.45) is 2.52. The second-order valence-corrected chi connectivity index (χ2v) is 6.74. The van der Waals surface area contributed by atoms with Crippen molar-refractivity contribution >= 4 is 9.84 Å². The van der Waals surface area contributed by atoms with E-state index in [-0.39, 0.29) is 11.8 Å². The number of aryl methyl sites for hydroxylation is 1. The molecule has 5 heteroatoms. The van der Waals surface area contributed by atoms with Gasteiger partial charge in [-0.3, -0.25) is 11.3 Å². The Kier molecular flexibility index (Phi) is 5.11. The normalized spacial score (nSPS) is 13.6. The fourth-order valence-electron chi connectivity index (χ4n) is 1.72. The van der Waals surface area contributed by atoms with Crippen molar-refractivity contribution in [2.45, 2.75) is 25.8 Å². The second-order valence-electron chi connectivity index (χ2n) is 4.48. The molecular weight excluding hydrogens is 236 g/mol. The third kappa shape index (κ3) is 5.81. The van der Waals surface area contributed by atoms with E-state index in [0.717, 1.165) is 6.42 Å². The van der Waals surface area contributed by atoms with Gasteiger partial charge in [0.2, 0.25) is 0 Å². The van der Waals surface area contributed by atoms with Gasteiger partial charge in [0.1, 0.15) is 9.84 Å². The van der Waals surface area contributed by atoms with Crippen molar-refractivity contribution in [1.29, 1.82) is 0 Å². The Hall–Kier alpha value is -0.910. The van der Waals surface area contributed by atoms with Crippen molar-refractivity contribution < 1.29 is 8.42 Å². The van der Waals surface area contributed by atoms with Gasteiger partial charge in [-0.1, -0.05) is 29.8 Å². The Morgan fingerprint density at radius 2 is 2.12 bits per heavy atom. The van der Waals surface area contributed by atoms with Crippen molar-refractivity contribution in [2.24, 2.45) is 5.84 Å². The first-order chi connectivity index (χ1) is 7.90. The monoisotopic (exact) mass is 256 g/mol. The summed E-state index contributed by atoms with van der Waals surface area (Å²) in [5.41, 5.74) is 5.04. The molecule has 1 aromatic rings. The van der Waals surface area contributed by atoms with Gasteiger partial charge < -0.3 is 0 Å². The lowest BCUT2D eigenvalue weighted by Crippen LogP contribution is -2.38. The molecule has 0 heterocycles. The van der Waals surface area contributed by atoms with E-state index in [1.54, 1.807) is 0 Å². The molecule has 0 fully saturated rings. The molecule has 0 amide bonds. The Labute approximate surface area is 103 Å². The lowest BCUT2D eigenvalue weighted by molar-refractivity contribution is 0.506. The second kappa shape index (κ2) is 6.14. The van der Waals surface area contributed by atoms with Gasteiger partial charge in [0, 0.05) is 12.3 Å². The minimum atomic E-state index is -2.93. The molecule has 96 valence electrons. The summed E-state index contributed by atoms with van der Waals surface area (Å²) in [5.74, 6) is 5.60. The predicted octanol–water partition coefficient (Wildman–Crippen LogP) is 0.804.